The van der Waals surface area contributed by atoms with E-state index in [0.717, 1.165) is 11.0 Å². The third-order valence-electron chi connectivity index (χ3n) is 1.40. The van der Waals surface area contributed by atoms with Crippen molar-refractivity contribution in [2.24, 2.45) is 0 Å². The second kappa shape index (κ2) is 1.73. The molecule has 3 heteroatoms. The molecule has 0 saturated carbocycles. The van der Waals surface area contributed by atoms with E-state index in [1.54, 1.807) is 18.5 Å². The summed E-state index contributed by atoms with van der Waals surface area (Å²) in [6, 6.07) is 6.53. The Labute approximate surface area is 57.9 Å². The van der Waals surface area contributed by atoms with Crippen molar-refractivity contribution in [1.82, 2.24) is 9.97 Å². The topological polar surface area (TPSA) is 54.7 Å². The van der Waals surface area contributed by atoms with Gasteiger partial charge in [0.1, 0.15) is 5.52 Å². The fourth-order valence-electron chi connectivity index (χ4n) is 0.917. The highest BCUT2D eigenvalue weighted by Crippen LogP contribution is 2.14. The number of fused-ring (bicyclic) bond motifs is 1. The summed E-state index contributed by atoms with van der Waals surface area (Å²) in [6.07, 6.45) is 1.61. The fourth-order valence-corrected chi connectivity index (χ4v) is 0.917. The highest BCUT2D eigenvalue weighted by molar-refractivity contribution is 5.85. The van der Waals surface area contributed by atoms with Crippen LogP contribution in [0.2, 0.25) is 0 Å². The van der Waals surface area contributed by atoms with Crippen LogP contribution >= 0.6 is 0 Å². The van der Waals surface area contributed by atoms with Gasteiger partial charge in [0.2, 0.25) is 0 Å². The molecule has 2 aromatic rings. The molecule has 0 unspecified atom stereocenters. The number of nitrogens with one attached hydrogen (secondary N) is 1. The van der Waals surface area contributed by atoms with E-state index < -0.39 is 0 Å². The Morgan fingerprint density at radius 1 is 1.60 bits per heavy atom. The van der Waals surface area contributed by atoms with Crippen LogP contribution in [0.15, 0.2) is 18.5 Å². The molecule has 49 valence electrons. The lowest BCUT2D eigenvalue weighted by Crippen LogP contribution is -1.84. The van der Waals surface area contributed by atoms with Gasteiger partial charge in [0.25, 0.3) is 0 Å². The molecule has 10 heavy (non-hydrogen) atoms. The molecule has 1 radical (unpaired) electrons. The molecule has 2 rings (SSSR count). The van der Waals surface area contributed by atoms with E-state index in [1.807, 2.05) is 0 Å². The number of hydrogen-bond acceptors (Lipinski definition) is 2. The predicted molar refractivity (Wildman–Crippen MR) is 39.3 cm³/mol. The van der Waals surface area contributed by atoms with E-state index in [4.69, 9.17) is 5.73 Å². The summed E-state index contributed by atoms with van der Waals surface area (Å²) < 4.78 is 0. The molecule has 3 N–H and O–H groups in total. The molecule has 0 aliphatic rings. The highest BCUT2D eigenvalue weighted by atomic mass is 14.9. The van der Waals surface area contributed by atoms with E-state index in [2.05, 4.69) is 16.0 Å². The molecule has 0 amide bonds. The largest absolute Gasteiger partial charge is 0.397 e. The number of hydrogen-bond donors (Lipinski definition) is 2. The van der Waals surface area contributed by atoms with E-state index in [0.29, 0.717) is 5.69 Å². The summed E-state index contributed by atoms with van der Waals surface area (Å²) in [4.78, 5) is 6.92. The van der Waals surface area contributed by atoms with Crippen LogP contribution in [0.1, 0.15) is 0 Å². The standard InChI is InChI=1S/C7H6N3/c8-5-2-1-3-6-7(5)10-4-9-6/h1-2,4H,8H2,(H,9,10). The minimum atomic E-state index is 0.690. The van der Waals surface area contributed by atoms with E-state index in [-0.39, 0.29) is 0 Å². The first-order valence-electron chi connectivity index (χ1n) is 2.97. The van der Waals surface area contributed by atoms with Crippen LogP contribution < -0.4 is 5.73 Å². The molecule has 0 fully saturated rings. The van der Waals surface area contributed by atoms with Crippen molar-refractivity contribution in [3.05, 3.63) is 24.5 Å². The molecule has 0 spiro atoms. The van der Waals surface area contributed by atoms with E-state index >= 15 is 0 Å². The van der Waals surface area contributed by atoms with Gasteiger partial charge in [-0.25, -0.2) is 4.98 Å². The molecule has 0 aliphatic heterocycles. The fraction of sp³-hybridized carbons (Fsp3) is 0. The molecular weight excluding hydrogens is 126 g/mol. The van der Waals surface area contributed by atoms with Crippen molar-refractivity contribution in [2.45, 2.75) is 0 Å². The molecular formula is C7H6N3. The molecule has 0 saturated heterocycles. The van der Waals surface area contributed by atoms with Crippen molar-refractivity contribution in [3.8, 4) is 0 Å². The number of benzene rings is 1. The van der Waals surface area contributed by atoms with Gasteiger partial charge < -0.3 is 10.7 Å². The van der Waals surface area contributed by atoms with Crippen LogP contribution in [0.5, 0.6) is 0 Å². The Morgan fingerprint density at radius 3 is 3.30 bits per heavy atom. The number of rotatable bonds is 0. The lowest BCUT2D eigenvalue weighted by Gasteiger charge is -1.90. The smallest absolute Gasteiger partial charge is 0.112 e. The number of aromatic nitrogens is 2. The van der Waals surface area contributed by atoms with Crippen molar-refractivity contribution < 1.29 is 0 Å². The minimum absolute atomic E-state index is 0.690. The Kier molecular flexibility index (Phi) is 0.917. The number of nitrogens with two attached hydrogens (primary N) is 1. The van der Waals surface area contributed by atoms with Crippen molar-refractivity contribution in [1.29, 1.82) is 0 Å². The van der Waals surface area contributed by atoms with Crippen LogP contribution in [0, 0.1) is 6.07 Å². The SMILES string of the molecule is Nc1cc[c]c2[nH]cnc12. The summed E-state index contributed by atoms with van der Waals surface area (Å²) in [5.41, 5.74) is 7.94. The average molecular weight is 132 g/mol. The van der Waals surface area contributed by atoms with Gasteiger partial charge in [0, 0.05) is 6.07 Å². The van der Waals surface area contributed by atoms with Crippen LogP contribution in [0.25, 0.3) is 11.0 Å². The Bertz CT molecular complexity index is 350. The highest BCUT2D eigenvalue weighted by Gasteiger charge is 1.96. The van der Waals surface area contributed by atoms with E-state index in [9.17, 15) is 0 Å². The summed E-state index contributed by atoms with van der Waals surface area (Å²) in [5.74, 6) is 0. The molecule has 0 aliphatic carbocycles. The number of aromatic amines is 1. The first kappa shape index (κ1) is 5.29. The van der Waals surface area contributed by atoms with Crippen LogP contribution in [-0.2, 0) is 0 Å². The maximum Gasteiger partial charge on any atom is 0.112 e. The monoisotopic (exact) mass is 132 g/mol. The maximum atomic E-state index is 5.60. The Hall–Kier alpha value is -1.51. The Morgan fingerprint density at radius 2 is 2.50 bits per heavy atom. The zero-order valence-electron chi connectivity index (χ0n) is 5.26. The average Bonchev–Trinajstić information content (AvgIpc) is 2.36. The van der Waals surface area contributed by atoms with Crippen LogP contribution in [0.3, 0.4) is 0 Å². The quantitative estimate of drug-likeness (QED) is 0.524. The van der Waals surface area contributed by atoms with Crippen molar-refractivity contribution in [2.75, 3.05) is 5.73 Å². The number of nitrogen functional groups attached to an aromatic ring is 1. The van der Waals surface area contributed by atoms with Gasteiger partial charge in [-0.2, -0.15) is 0 Å². The third kappa shape index (κ3) is 0.572. The van der Waals surface area contributed by atoms with E-state index in [1.165, 1.54) is 0 Å². The third-order valence-corrected chi connectivity index (χ3v) is 1.40. The van der Waals surface area contributed by atoms with Crippen LogP contribution in [0.4, 0.5) is 5.69 Å². The van der Waals surface area contributed by atoms with Crippen molar-refractivity contribution >= 4 is 16.7 Å². The lowest BCUT2D eigenvalue weighted by molar-refractivity contribution is 1.34. The summed E-state index contributed by atoms with van der Waals surface area (Å²) in [7, 11) is 0. The molecule has 1 heterocycles. The molecule has 1 aromatic carbocycles. The first-order valence-corrected chi connectivity index (χ1v) is 2.97. The zero-order valence-corrected chi connectivity index (χ0v) is 5.26. The first-order chi connectivity index (χ1) is 4.88. The van der Waals surface area contributed by atoms with Gasteiger partial charge in [-0.05, 0) is 6.07 Å². The maximum absolute atomic E-state index is 5.60. The molecule has 1 aromatic heterocycles. The van der Waals surface area contributed by atoms with Crippen LogP contribution in [-0.4, -0.2) is 9.97 Å². The van der Waals surface area contributed by atoms with Gasteiger partial charge in [0.05, 0.1) is 17.5 Å². The summed E-state index contributed by atoms with van der Waals surface area (Å²) >= 11 is 0. The summed E-state index contributed by atoms with van der Waals surface area (Å²) in [5, 5.41) is 0. The van der Waals surface area contributed by atoms with Gasteiger partial charge in [0.15, 0.2) is 0 Å². The predicted octanol–water partition coefficient (Wildman–Crippen LogP) is 0.945. The number of nitrogens with zero attached hydrogens (tertiary/aromatic N) is 1. The molecule has 3 nitrogen and oxygen atoms in total. The minimum Gasteiger partial charge on any atom is -0.397 e. The normalized spacial score (nSPS) is 10.4. The van der Waals surface area contributed by atoms with Gasteiger partial charge in [-0.15, -0.1) is 0 Å². The van der Waals surface area contributed by atoms with Gasteiger partial charge in [-0.1, -0.05) is 6.07 Å². The second-order valence-corrected chi connectivity index (χ2v) is 2.06. The molecule has 0 bridgehead atoms. The van der Waals surface area contributed by atoms with Crippen molar-refractivity contribution in [3.63, 3.8) is 0 Å². The second-order valence-electron chi connectivity index (χ2n) is 2.06. The van der Waals surface area contributed by atoms with Gasteiger partial charge in [-0.3, -0.25) is 0 Å². The summed E-state index contributed by atoms with van der Waals surface area (Å²) in [6.45, 7) is 0. The lowest BCUT2D eigenvalue weighted by atomic mass is 10.3. The molecule has 0 atom stereocenters. The van der Waals surface area contributed by atoms with Gasteiger partial charge >= 0.3 is 0 Å². The number of H-pyrrole nitrogens is 1. The number of imidazole rings is 1. The number of anilines is 1. The zero-order chi connectivity index (χ0) is 6.97. The Balaban J connectivity index is 2.95.